The van der Waals surface area contributed by atoms with Crippen molar-refractivity contribution >= 4 is 11.8 Å². The maximum atomic E-state index is 12.7. The van der Waals surface area contributed by atoms with Gasteiger partial charge in [-0.1, -0.05) is 19.3 Å². The van der Waals surface area contributed by atoms with Crippen molar-refractivity contribution in [1.82, 2.24) is 9.80 Å². The first kappa shape index (κ1) is 15.8. The summed E-state index contributed by atoms with van der Waals surface area (Å²) < 4.78 is 0. The van der Waals surface area contributed by atoms with Crippen molar-refractivity contribution < 1.29 is 9.59 Å². The summed E-state index contributed by atoms with van der Waals surface area (Å²) in [6.45, 7) is 5.32. The lowest BCUT2D eigenvalue weighted by atomic mass is 9.72. The Morgan fingerprint density at radius 1 is 0.864 bits per heavy atom. The van der Waals surface area contributed by atoms with Crippen LogP contribution in [0, 0.1) is 11.3 Å². The number of nitrogens with zero attached hydrogens (tertiary/aromatic N) is 2. The first-order valence-electron chi connectivity index (χ1n) is 9.14. The van der Waals surface area contributed by atoms with E-state index in [4.69, 9.17) is 0 Å². The molecule has 4 heteroatoms. The molecule has 1 spiro atoms. The molecule has 0 atom stereocenters. The third-order valence-electron chi connectivity index (χ3n) is 6.20. The molecule has 22 heavy (non-hydrogen) atoms. The highest BCUT2D eigenvalue weighted by atomic mass is 16.2. The number of carbonyl (C=O) groups excluding carboxylic acids is 2. The number of carbonyl (C=O) groups is 2. The van der Waals surface area contributed by atoms with Gasteiger partial charge in [-0.2, -0.15) is 0 Å². The lowest BCUT2D eigenvalue weighted by Crippen LogP contribution is -2.52. The van der Waals surface area contributed by atoms with Gasteiger partial charge in [0.25, 0.3) is 0 Å². The Labute approximate surface area is 134 Å². The fraction of sp³-hybridized carbons (Fsp3) is 0.889. The standard InChI is InChI=1S/C18H30N2O2/c1-15(21)20-11-5-8-18(14-20)9-12-19(13-10-18)17(22)16-6-3-2-4-7-16/h16H,2-14H2,1H3. The van der Waals surface area contributed by atoms with E-state index in [0.29, 0.717) is 11.8 Å². The van der Waals surface area contributed by atoms with Gasteiger partial charge in [0.1, 0.15) is 0 Å². The highest BCUT2D eigenvalue weighted by Crippen LogP contribution is 2.40. The molecule has 2 amide bonds. The minimum absolute atomic E-state index is 0.208. The van der Waals surface area contributed by atoms with Crippen LogP contribution in [0.5, 0.6) is 0 Å². The predicted molar refractivity (Wildman–Crippen MR) is 86.3 cm³/mol. The molecule has 0 N–H and O–H groups in total. The summed E-state index contributed by atoms with van der Waals surface area (Å²) in [5.41, 5.74) is 0.285. The summed E-state index contributed by atoms with van der Waals surface area (Å²) in [7, 11) is 0. The molecular weight excluding hydrogens is 276 g/mol. The third-order valence-corrected chi connectivity index (χ3v) is 6.20. The second-order valence-electron chi connectivity index (χ2n) is 7.70. The second-order valence-corrected chi connectivity index (χ2v) is 7.70. The van der Waals surface area contributed by atoms with Gasteiger partial charge in [0.15, 0.2) is 0 Å². The van der Waals surface area contributed by atoms with Gasteiger partial charge in [0.05, 0.1) is 0 Å². The maximum Gasteiger partial charge on any atom is 0.225 e. The number of amides is 2. The highest BCUT2D eigenvalue weighted by molar-refractivity contribution is 5.79. The Hall–Kier alpha value is -1.06. The van der Waals surface area contributed by atoms with E-state index in [9.17, 15) is 9.59 Å². The number of hydrogen-bond donors (Lipinski definition) is 0. The van der Waals surface area contributed by atoms with Crippen LogP contribution in [0.1, 0.15) is 64.7 Å². The van der Waals surface area contributed by atoms with Crippen LogP contribution in [-0.2, 0) is 9.59 Å². The van der Waals surface area contributed by atoms with E-state index in [2.05, 4.69) is 4.90 Å². The molecule has 1 aliphatic carbocycles. The van der Waals surface area contributed by atoms with Gasteiger partial charge in [0, 0.05) is 39.0 Å². The molecule has 0 unspecified atom stereocenters. The molecule has 2 aliphatic heterocycles. The average Bonchev–Trinajstić information content (AvgIpc) is 2.56. The van der Waals surface area contributed by atoms with Crippen molar-refractivity contribution in [1.29, 1.82) is 0 Å². The van der Waals surface area contributed by atoms with Crippen LogP contribution in [0.2, 0.25) is 0 Å². The molecule has 3 fully saturated rings. The molecule has 1 saturated carbocycles. The molecule has 2 heterocycles. The van der Waals surface area contributed by atoms with Gasteiger partial charge in [-0.3, -0.25) is 9.59 Å². The summed E-state index contributed by atoms with van der Waals surface area (Å²) in [4.78, 5) is 28.5. The normalized spacial score (nSPS) is 26.2. The lowest BCUT2D eigenvalue weighted by Gasteiger charge is -2.48. The summed E-state index contributed by atoms with van der Waals surface area (Å²) >= 11 is 0. The van der Waals surface area contributed by atoms with Crippen LogP contribution in [0.3, 0.4) is 0 Å². The maximum absolute atomic E-state index is 12.7. The van der Waals surface area contributed by atoms with Crippen LogP contribution in [0.25, 0.3) is 0 Å². The Morgan fingerprint density at radius 2 is 1.55 bits per heavy atom. The minimum atomic E-state index is 0.208. The van der Waals surface area contributed by atoms with Crippen molar-refractivity contribution in [3.63, 3.8) is 0 Å². The summed E-state index contributed by atoms with van der Waals surface area (Å²) in [5, 5.41) is 0. The van der Waals surface area contributed by atoms with E-state index >= 15 is 0 Å². The smallest absolute Gasteiger partial charge is 0.225 e. The van der Waals surface area contributed by atoms with Crippen LogP contribution in [0.4, 0.5) is 0 Å². The Balaban J connectivity index is 1.55. The molecule has 2 saturated heterocycles. The number of piperidine rings is 2. The quantitative estimate of drug-likeness (QED) is 0.747. The Bertz CT molecular complexity index is 421. The van der Waals surface area contributed by atoms with Crippen LogP contribution >= 0.6 is 0 Å². The van der Waals surface area contributed by atoms with Crippen LogP contribution in [0.15, 0.2) is 0 Å². The number of hydrogen-bond acceptors (Lipinski definition) is 2. The average molecular weight is 306 g/mol. The SMILES string of the molecule is CC(=O)N1CCCC2(CCN(C(=O)C3CCCCC3)CC2)C1. The van der Waals surface area contributed by atoms with Gasteiger partial charge in [-0.25, -0.2) is 0 Å². The molecule has 3 rings (SSSR count). The molecule has 0 aromatic carbocycles. The lowest BCUT2D eigenvalue weighted by molar-refractivity contribution is -0.142. The largest absolute Gasteiger partial charge is 0.342 e. The first-order valence-corrected chi connectivity index (χ1v) is 9.14. The van der Waals surface area contributed by atoms with Crippen molar-refractivity contribution in [2.75, 3.05) is 26.2 Å². The van der Waals surface area contributed by atoms with Crippen LogP contribution < -0.4 is 0 Å². The monoisotopic (exact) mass is 306 g/mol. The highest BCUT2D eigenvalue weighted by Gasteiger charge is 2.40. The summed E-state index contributed by atoms with van der Waals surface area (Å²) in [5.74, 6) is 0.913. The first-order chi connectivity index (χ1) is 10.6. The molecule has 0 aromatic heterocycles. The third kappa shape index (κ3) is 3.31. The summed E-state index contributed by atoms with van der Waals surface area (Å²) in [6, 6.07) is 0. The molecule has 3 aliphatic rings. The van der Waals surface area contributed by atoms with E-state index < -0.39 is 0 Å². The zero-order valence-corrected chi connectivity index (χ0v) is 14.0. The van der Waals surface area contributed by atoms with E-state index in [-0.39, 0.29) is 11.3 Å². The topological polar surface area (TPSA) is 40.6 Å². The molecule has 0 bridgehead atoms. The molecular formula is C18H30N2O2. The fourth-order valence-electron chi connectivity index (χ4n) is 4.69. The van der Waals surface area contributed by atoms with Gasteiger partial charge in [0.2, 0.25) is 11.8 Å². The minimum Gasteiger partial charge on any atom is -0.342 e. The number of rotatable bonds is 1. The fourth-order valence-corrected chi connectivity index (χ4v) is 4.69. The zero-order chi connectivity index (χ0) is 15.6. The van der Waals surface area contributed by atoms with Gasteiger partial charge < -0.3 is 9.80 Å². The van der Waals surface area contributed by atoms with E-state index in [1.54, 1.807) is 6.92 Å². The van der Waals surface area contributed by atoms with Crippen molar-refractivity contribution in [2.45, 2.75) is 64.7 Å². The van der Waals surface area contributed by atoms with Crippen molar-refractivity contribution in [2.24, 2.45) is 11.3 Å². The zero-order valence-electron chi connectivity index (χ0n) is 14.0. The van der Waals surface area contributed by atoms with Crippen LogP contribution in [-0.4, -0.2) is 47.8 Å². The van der Waals surface area contributed by atoms with Crippen molar-refractivity contribution in [3.8, 4) is 0 Å². The molecule has 124 valence electrons. The van der Waals surface area contributed by atoms with Gasteiger partial charge in [-0.15, -0.1) is 0 Å². The van der Waals surface area contributed by atoms with Gasteiger partial charge in [-0.05, 0) is 43.9 Å². The second kappa shape index (κ2) is 6.59. The van der Waals surface area contributed by atoms with E-state index in [1.807, 2.05) is 4.90 Å². The number of likely N-dealkylation sites (tertiary alicyclic amines) is 2. The molecule has 0 aromatic rings. The van der Waals surface area contributed by atoms with E-state index in [0.717, 1.165) is 58.3 Å². The van der Waals surface area contributed by atoms with Gasteiger partial charge >= 0.3 is 0 Å². The Morgan fingerprint density at radius 3 is 2.18 bits per heavy atom. The predicted octanol–water partition coefficient (Wildman–Crippen LogP) is 2.82. The van der Waals surface area contributed by atoms with E-state index in [1.165, 1.54) is 25.7 Å². The van der Waals surface area contributed by atoms with Crippen molar-refractivity contribution in [3.05, 3.63) is 0 Å². The Kier molecular flexibility index (Phi) is 4.74. The summed E-state index contributed by atoms with van der Waals surface area (Å²) in [6.07, 6.45) is 10.4. The molecule has 0 radical (unpaired) electrons. The molecule has 4 nitrogen and oxygen atoms in total.